The molecule has 7 heteroatoms. The SMILES string of the molecule is C[N@]1C2C[C@H](OC(=O)C(O)(c3cccs3)c3cccs3)C[C@]21C1=CO1. The van der Waals surface area contributed by atoms with Crippen molar-refractivity contribution in [3.05, 3.63) is 56.8 Å². The third kappa shape index (κ3) is 2.10. The number of carbonyl (C=O) groups excluding carboxylic acids is 1. The first-order valence-electron chi connectivity index (χ1n) is 8.18. The lowest BCUT2D eigenvalue weighted by Gasteiger charge is -2.27. The van der Waals surface area contributed by atoms with E-state index in [0.717, 1.165) is 18.6 Å². The Labute approximate surface area is 153 Å². The van der Waals surface area contributed by atoms with Crippen molar-refractivity contribution < 1.29 is 19.4 Å². The number of likely N-dealkylation sites (N-methyl/N-ethyl adjacent to an activating group) is 1. The van der Waals surface area contributed by atoms with E-state index in [0.29, 0.717) is 15.8 Å². The molecule has 5 rings (SSSR count). The summed E-state index contributed by atoms with van der Waals surface area (Å²) in [5.74, 6) is 0.400. The molecule has 0 radical (unpaired) electrons. The molecule has 4 heterocycles. The van der Waals surface area contributed by atoms with Gasteiger partial charge in [0.1, 0.15) is 17.9 Å². The highest BCUT2D eigenvalue weighted by Crippen LogP contribution is 2.60. The Balaban J connectivity index is 1.39. The van der Waals surface area contributed by atoms with Gasteiger partial charge in [0.2, 0.25) is 5.60 Å². The number of thiophene rings is 2. The number of hydrogen-bond donors (Lipinski definition) is 1. The molecule has 1 saturated heterocycles. The number of carbonyl (C=O) groups is 1. The summed E-state index contributed by atoms with van der Waals surface area (Å²) in [6, 6.07) is 7.57. The molecule has 1 saturated carbocycles. The number of piperidine rings is 1. The summed E-state index contributed by atoms with van der Waals surface area (Å²) >= 11 is 2.71. The van der Waals surface area contributed by atoms with E-state index < -0.39 is 11.6 Å². The van der Waals surface area contributed by atoms with Crippen molar-refractivity contribution in [2.45, 2.75) is 36.1 Å². The van der Waals surface area contributed by atoms with Gasteiger partial charge < -0.3 is 14.6 Å². The van der Waals surface area contributed by atoms with Crippen molar-refractivity contribution in [1.82, 2.24) is 4.90 Å². The number of hydrogen-bond acceptors (Lipinski definition) is 7. The van der Waals surface area contributed by atoms with Crippen molar-refractivity contribution in [3.8, 4) is 0 Å². The Morgan fingerprint density at radius 1 is 1.36 bits per heavy atom. The van der Waals surface area contributed by atoms with E-state index in [1.165, 1.54) is 22.7 Å². The maximum atomic E-state index is 13.0. The Morgan fingerprint density at radius 3 is 2.52 bits per heavy atom. The van der Waals surface area contributed by atoms with Gasteiger partial charge in [-0.1, -0.05) is 12.1 Å². The minimum atomic E-state index is -1.73. The van der Waals surface area contributed by atoms with E-state index in [4.69, 9.17) is 9.47 Å². The largest absolute Gasteiger partial charge is 0.460 e. The average molecular weight is 375 g/mol. The highest BCUT2D eigenvalue weighted by Gasteiger charge is 2.71. The molecular weight excluding hydrogens is 358 g/mol. The fourth-order valence-corrected chi connectivity index (χ4v) is 5.86. The van der Waals surface area contributed by atoms with E-state index in [9.17, 15) is 9.90 Å². The fraction of sp³-hybridized carbons (Fsp3) is 0.389. The second-order valence-corrected chi connectivity index (χ2v) is 8.68. The maximum absolute atomic E-state index is 13.0. The van der Waals surface area contributed by atoms with Gasteiger partial charge in [-0.2, -0.15) is 0 Å². The third-order valence-electron chi connectivity index (χ3n) is 5.59. The summed E-state index contributed by atoms with van der Waals surface area (Å²) in [5.41, 5.74) is -1.82. The molecule has 2 aromatic heterocycles. The van der Waals surface area contributed by atoms with E-state index in [1.807, 2.05) is 22.9 Å². The van der Waals surface area contributed by atoms with Gasteiger partial charge >= 0.3 is 5.97 Å². The number of fused-ring (bicyclic) bond motifs is 1. The number of likely N-dealkylation sites (tertiary alicyclic amines) is 1. The van der Waals surface area contributed by atoms with Crippen LogP contribution in [0.25, 0.3) is 0 Å². The molecule has 0 aromatic carbocycles. The quantitative estimate of drug-likeness (QED) is 0.643. The van der Waals surface area contributed by atoms with Crippen LogP contribution in [0, 0.1) is 0 Å². The van der Waals surface area contributed by atoms with E-state index in [1.54, 1.807) is 18.4 Å². The van der Waals surface area contributed by atoms with E-state index in [-0.39, 0.29) is 11.6 Å². The number of ether oxygens (including phenoxy) is 2. The van der Waals surface area contributed by atoms with Crippen LogP contribution in [0.3, 0.4) is 0 Å². The van der Waals surface area contributed by atoms with Crippen LogP contribution in [0.4, 0.5) is 0 Å². The molecule has 130 valence electrons. The molecule has 2 aliphatic heterocycles. The highest BCUT2D eigenvalue weighted by molar-refractivity contribution is 7.12. The monoisotopic (exact) mass is 375 g/mol. The van der Waals surface area contributed by atoms with Crippen LogP contribution >= 0.6 is 22.7 Å². The zero-order valence-corrected chi connectivity index (χ0v) is 15.2. The van der Waals surface area contributed by atoms with Gasteiger partial charge in [-0.15, -0.1) is 22.7 Å². The second-order valence-electron chi connectivity index (χ2n) is 6.78. The van der Waals surface area contributed by atoms with Gasteiger partial charge in [-0.05, 0) is 29.9 Å². The summed E-state index contributed by atoms with van der Waals surface area (Å²) in [6.07, 6.45) is 3.06. The molecule has 0 spiro atoms. The molecule has 2 fully saturated rings. The molecule has 5 nitrogen and oxygen atoms in total. The van der Waals surface area contributed by atoms with Crippen LogP contribution in [0.5, 0.6) is 0 Å². The molecular formula is C18H17NO4S2. The minimum Gasteiger partial charge on any atom is -0.460 e. The van der Waals surface area contributed by atoms with Crippen LogP contribution in [0.2, 0.25) is 0 Å². The summed E-state index contributed by atoms with van der Waals surface area (Å²) in [4.78, 5) is 16.4. The lowest BCUT2D eigenvalue weighted by molar-refractivity contribution is -0.167. The summed E-state index contributed by atoms with van der Waals surface area (Å²) < 4.78 is 11.1. The predicted octanol–water partition coefficient (Wildman–Crippen LogP) is 2.68. The standard InChI is InChI=1S/C18H17NO4S2/c1-19-12-8-11(9-17(12,19)13-10-22-13)23-16(20)18(21,14-4-2-6-24-14)15-5-3-7-25-15/h2-7,10-12,21H,8-9H2,1H3/t11-,12?,17+,19+/m0/s1. The van der Waals surface area contributed by atoms with Crippen LogP contribution < -0.4 is 0 Å². The van der Waals surface area contributed by atoms with E-state index >= 15 is 0 Å². The van der Waals surface area contributed by atoms with Gasteiger partial charge in [0, 0.05) is 18.9 Å². The summed E-state index contributed by atoms with van der Waals surface area (Å²) in [7, 11) is 2.07. The lowest BCUT2D eigenvalue weighted by atomic mass is 10.00. The third-order valence-corrected chi connectivity index (χ3v) is 7.55. The highest BCUT2D eigenvalue weighted by atomic mass is 32.1. The predicted molar refractivity (Wildman–Crippen MR) is 94.2 cm³/mol. The molecule has 1 aliphatic carbocycles. The minimum absolute atomic E-state index is 0.0884. The summed E-state index contributed by atoms with van der Waals surface area (Å²) in [5, 5.41) is 15.0. The number of esters is 1. The fourth-order valence-electron chi connectivity index (χ4n) is 4.15. The Kier molecular flexibility index (Phi) is 3.22. The summed E-state index contributed by atoms with van der Waals surface area (Å²) in [6.45, 7) is 0. The first-order chi connectivity index (χ1) is 12.1. The van der Waals surface area contributed by atoms with Crippen molar-refractivity contribution in [2.24, 2.45) is 0 Å². The maximum Gasteiger partial charge on any atom is 0.349 e. The second kappa shape index (κ2) is 5.17. The first-order valence-corrected chi connectivity index (χ1v) is 9.94. The Hall–Kier alpha value is -1.67. The van der Waals surface area contributed by atoms with Crippen LogP contribution in [-0.4, -0.2) is 40.7 Å². The smallest absolute Gasteiger partial charge is 0.349 e. The normalized spacial score (nSPS) is 32.6. The Morgan fingerprint density at radius 2 is 2.00 bits per heavy atom. The van der Waals surface area contributed by atoms with Crippen LogP contribution in [-0.2, 0) is 19.9 Å². The lowest BCUT2D eigenvalue weighted by Crippen LogP contribution is -2.39. The molecule has 4 atom stereocenters. The van der Waals surface area contributed by atoms with Crippen LogP contribution in [0.15, 0.2) is 47.0 Å². The topological polar surface area (TPSA) is 62.1 Å². The molecule has 1 N–H and O–H groups in total. The zero-order valence-electron chi connectivity index (χ0n) is 13.5. The average Bonchev–Trinajstić information content (AvgIpc) is 3.26. The van der Waals surface area contributed by atoms with Gasteiger partial charge in [-0.25, -0.2) is 4.79 Å². The van der Waals surface area contributed by atoms with Gasteiger partial charge in [0.15, 0.2) is 5.76 Å². The molecule has 3 aliphatic rings. The number of aliphatic hydroxyl groups is 1. The van der Waals surface area contributed by atoms with E-state index in [2.05, 4.69) is 11.9 Å². The molecule has 25 heavy (non-hydrogen) atoms. The number of nitrogens with zero attached hydrogens (tertiary/aromatic N) is 1. The van der Waals surface area contributed by atoms with Gasteiger partial charge in [-0.3, -0.25) is 4.90 Å². The number of rotatable bonds is 5. The Bertz CT molecular complexity index is 810. The van der Waals surface area contributed by atoms with Crippen LogP contribution in [0.1, 0.15) is 22.6 Å². The first kappa shape index (κ1) is 15.6. The van der Waals surface area contributed by atoms with Gasteiger partial charge in [0.05, 0.1) is 9.75 Å². The van der Waals surface area contributed by atoms with Gasteiger partial charge in [0.25, 0.3) is 0 Å². The molecule has 2 aromatic rings. The van der Waals surface area contributed by atoms with Crippen molar-refractivity contribution >= 4 is 28.6 Å². The molecule has 0 bridgehead atoms. The van der Waals surface area contributed by atoms with Crippen molar-refractivity contribution in [2.75, 3.05) is 7.05 Å². The zero-order chi connectivity index (χ0) is 17.2. The van der Waals surface area contributed by atoms with Crippen molar-refractivity contribution in [3.63, 3.8) is 0 Å². The molecule has 1 unspecified atom stereocenters. The molecule has 0 amide bonds. The van der Waals surface area contributed by atoms with Crippen molar-refractivity contribution in [1.29, 1.82) is 0 Å².